The van der Waals surface area contributed by atoms with Gasteiger partial charge in [-0.05, 0) is 13.8 Å². The Hall–Kier alpha value is -3.12. The van der Waals surface area contributed by atoms with E-state index in [0.717, 1.165) is 11.1 Å². The van der Waals surface area contributed by atoms with E-state index in [-0.39, 0.29) is 5.91 Å². The van der Waals surface area contributed by atoms with Gasteiger partial charge in [-0.3, -0.25) is 4.79 Å². The second-order valence-corrected chi connectivity index (χ2v) is 6.61. The maximum absolute atomic E-state index is 12.8. The number of rotatable bonds is 5. The minimum Gasteiger partial charge on any atom is -0.497 e. The van der Waals surface area contributed by atoms with E-state index in [2.05, 4.69) is 15.3 Å². The molecule has 0 saturated carbocycles. The van der Waals surface area contributed by atoms with Gasteiger partial charge in [-0.15, -0.1) is 0 Å². The number of halogens is 1. The third kappa shape index (κ3) is 4.07. The number of ether oxygens (including phenoxy) is 2. The Balaban J connectivity index is 1.88. The molecule has 7 heteroatoms. The monoisotopic (exact) mass is 397 g/mol. The van der Waals surface area contributed by atoms with Crippen molar-refractivity contribution in [2.75, 3.05) is 19.5 Å². The van der Waals surface area contributed by atoms with Crippen LogP contribution in [0.1, 0.15) is 21.6 Å². The Kier molecular flexibility index (Phi) is 5.80. The van der Waals surface area contributed by atoms with Gasteiger partial charge in [0.25, 0.3) is 5.91 Å². The van der Waals surface area contributed by atoms with Crippen LogP contribution in [0.25, 0.3) is 11.4 Å². The zero-order chi connectivity index (χ0) is 20.3. The van der Waals surface area contributed by atoms with Crippen LogP contribution in [-0.4, -0.2) is 30.1 Å². The Labute approximate surface area is 168 Å². The summed E-state index contributed by atoms with van der Waals surface area (Å²) < 4.78 is 10.5. The van der Waals surface area contributed by atoms with Crippen molar-refractivity contribution in [3.63, 3.8) is 0 Å². The molecule has 3 rings (SSSR count). The van der Waals surface area contributed by atoms with E-state index in [0.29, 0.717) is 39.3 Å². The highest BCUT2D eigenvalue weighted by atomic mass is 35.5. The summed E-state index contributed by atoms with van der Waals surface area (Å²) in [5, 5.41) is 3.08. The minimum atomic E-state index is -0.377. The van der Waals surface area contributed by atoms with Gasteiger partial charge in [0, 0.05) is 23.9 Å². The van der Waals surface area contributed by atoms with E-state index in [4.69, 9.17) is 21.1 Å². The Morgan fingerprint density at radius 1 is 1.07 bits per heavy atom. The number of benzene rings is 2. The number of carbonyl (C=O) groups excluding carboxylic acids is 1. The minimum absolute atomic E-state index is 0.305. The van der Waals surface area contributed by atoms with Crippen molar-refractivity contribution in [3.05, 3.63) is 64.4 Å². The van der Waals surface area contributed by atoms with Gasteiger partial charge in [0.1, 0.15) is 17.2 Å². The predicted molar refractivity (Wildman–Crippen MR) is 109 cm³/mol. The Morgan fingerprint density at radius 3 is 2.39 bits per heavy atom. The summed E-state index contributed by atoms with van der Waals surface area (Å²) in [4.78, 5) is 21.6. The number of amides is 1. The van der Waals surface area contributed by atoms with E-state index in [1.165, 1.54) is 20.4 Å². The maximum atomic E-state index is 12.8. The van der Waals surface area contributed by atoms with E-state index >= 15 is 0 Å². The lowest BCUT2D eigenvalue weighted by Crippen LogP contribution is -2.16. The lowest BCUT2D eigenvalue weighted by molar-refractivity contribution is 0.102. The molecule has 1 N–H and O–H groups in total. The molecule has 0 saturated heterocycles. The first-order chi connectivity index (χ1) is 13.4. The molecule has 0 atom stereocenters. The van der Waals surface area contributed by atoms with Crippen LogP contribution in [0.2, 0.25) is 5.02 Å². The van der Waals surface area contributed by atoms with Crippen LogP contribution in [0.5, 0.6) is 11.5 Å². The number of carbonyl (C=O) groups is 1. The van der Waals surface area contributed by atoms with Crippen molar-refractivity contribution in [2.24, 2.45) is 0 Å². The summed E-state index contributed by atoms with van der Waals surface area (Å²) in [5.41, 5.74) is 3.32. The molecule has 0 fully saturated rings. The van der Waals surface area contributed by atoms with Crippen LogP contribution in [-0.2, 0) is 0 Å². The van der Waals surface area contributed by atoms with Gasteiger partial charge in [0.2, 0.25) is 0 Å². The topological polar surface area (TPSA) is 73.3 Å². The number of hydrogen-bond acceptors (Lipinski definition) is 5. The summed E-state index contributed by atoms with van der Waals surface area (Å²) in [6.07, 6.45) is 1.51. The van der Waals surface area contributed by atoms with Crippen LogP contribution >= 0.6 is 11.6 Å². The third-order valence-electron chi connectivity index (χ3n) is 4.26. The van der Waals surface area contributed by atoms with Crippen molar-refractivity contribution in [1.82, 2.24) is 9.97 Å². The smallest absolute Gasteiger partial charge is 0.259 e. The molecule has 3 aromatic rings. The number of aromatic nitrogens is 2. The molecule has 2 aromatic carbocycles. The van der Waals surface area contributed by atoms with Crippen molar-refractivity contribution in [1.29, 1.82) is 0 Å². The number of aryl methyl sites for hydroxylation is 2. The van der Waals surface area contributed by atoms with Crippen LogP contribution in [0, 0.1) is 13.8 Å². The second-order valence-electron chi connectivity index (χ2n) is 6.20. The molecular weight excluding hydrogens is 378 g/mol. The van der Waals surface area contributed by atoms with Gasteiger partial charge < -0.3 is 14.8 Å². The van der Waals surface area contributed by atoms with Gasteiger partial charge in [-0.25, -0.2) is 9.97 Å². The van der Waals surface area contributed by atoms with Gasteiger partial charge in [0.05, 0.1) is 30.5 Å². The summed E-state index contributed by atoms with van der Waals surface area (Å²) >= 11 is 6.28. The zero-order valence-electron chi connectivity index (χ0n) is 16.0. The zero-order valence-corrected chi connectivity index (χ0v) is 16.8. The van der Waals surface area contributed by atoms with E-state index in [1.54, 1.807) is 19.1 Å². The highest BCUT2D eigenvalue weighted by molar-refractivity contribution is 6.34. The number of anilines is 1. The number of hydrogen-bond donors (Lipinski definition) is 1. The van der Waals surface area contributed by atoms with Crippen molar-refractivity contribution in [2.45, 2.75) is 13.8 Å². The van der Waals surface area contributed by atoms with Crippen molar-refractivity contribution < 1.29 is 14.3 Å². The van der Waals surface area contributed by atoms with Gasteiger partial charge in [0.15, 0.2) is 5.82 Å². The average molecular weight is 398 g/mol. The molecule has 0 spiro atoms. The molecule has 1 aromatic heterocycles. The first-order valence-corrected chi connectivity index (χ1v) is 8.94. The van der Waals surface area contributed by atoms with Crippen LogP contribution in [0.15, 0.2) is 42.6 Å². The van der Waals surface area contributed by atoms with Gasteiger partial charge in [-0.1, -0.05) is 41.4 Å². The second kappa shape index (κ2) is 8.27. The van der Waals surface area contributed by atoms with Crippen molar-refractivity contribution >= 4 is 23.2 Å². The number of nitrogens with one attached hydrogen (secondary N) is 1. The quantitative estimate of drug-likeness (QED) is 0.676. The largest absolute Gasteiger partial charge is 0.497 e. The molecule has 0 aliphatic carbocycles. The molecule has 1 amide bonds. The van der Waals surface area contributed by atoms with Crippen molar-refractivity contribution in [3.8, 4) is 22.9 Å². The molecular formula is C21H20ClN3O3. The van der Waals surface area contributed by atoms with E-state index in [9.17, 15) is 4.79 Å². The lowest BCUT2D eigenvalue weighted by Gasteiger charge is -2.14. The molecule has 144 valence electrons. The molecule has 0 bridgehead atoms. The summed E-state index contributed by atoms with van der Waals surface area (Å²) in [7, 11) is 3.02. The molecule has 1 heterocycles. The maximum Gasteiger partial charge on any atom is 0.259 e. The summed E-state index contributed by atoms with van der Waals surface area (Å²) in [5.74, 6) is 1.11. The average Bonchev–Trinajstić information content (AvgIpc) is 2.69. The fourth-order valence-electron chi connectivity index (χ4n) is 2.67. The van der Waals surface area contributed by atoms with Gasteiger partial charge in [-0.2, -0.15) is 0 Å². The summed E-state index contributed by atoms with van der Waals surface area (Å²) in [6, 6.07) is 11.1. The van der Waals surface area contributed by atoms with Crippen LogP contribution in [0.4, 0.5) is 5.69 Å². The molecule has 0 aliphatic rings. The highest BCUT2D eigenvalue weighted by Gasteiger charge is 2.18. The molecule has 6 nitrogen and oxygen atoms in total. The fraction of sp³-hybridized carbons (Fsp3) is 0.190. The van der Waals surface area contributed by atoms with Crippen LogP contribution < -0.4 is 14.8 Å². The van der Waals surface area contributed by atoms with E-state index < -0.39 is 0 Å². The Bertz CT molecular complexity index is 1020. The molecule has 0 aliphatic heterocycles. The molecule has 0 radical (unpaired) electrons. The third-order valence-corrected chi connectivity index (χ3v) is 4.55. The highest BCUT2D eigenvalue weighted by Crippen LogP contribution is 2.37. The normalized spacial score (nSPS) is 10.5. The standard InChI is InChI=1S/C21H20ClN3O3/c1-12-5-7-14(8-6-12)20-23-11-16(13(2)24-20)21(26)25-19-17(22)9-15(27-3)10-18(19)28-4/h5-11H,1-4H3,(H,25,26). The Morgan fingerprint density at radius 2 is 1.79 bits per heavy atom. The van der Waals surface area contributed by atoms with Gasteiger partial charge >= 0.3 is 0 Å². The van der Waals surface area contributed by atoms with E-state index in [1.807, 2.05) is 31.2 Å². The molecule has 0 unspecified atom stereocenters. The fourth-order valence-corrected chi connectivity index (χ4v) is 2.92. The molecule has 28 heavy (non-hydrogen) atoms. The first kappa shape index (κ1) is 19.6. The van der Waals surface area contributed by atoms with Crippen LogP contribution in [0.3, 0.4) is 0 Å². The lowest BCUT2D eigenvalue weighted by atomic mass is 10.1. The first-order valence-electron chi connectivity index (χ1n) is 8.56. The number of methoxy groups -OCH3 is 2. The SMILES string of the molecule is COc1cc(Cl)c(NC(=O)c2cnc(-c3ccc(C)cc3)nc2C)c(OC)c1. The number of nitrogens with zero attached hydrogens (tertiary/aromatic N) is 2. The summed E-state index contributed by atoms with van der Waals surface area (Å²) in [6.45, 7) is 3.78. The predicted octanol–water partition coefficient (Wildman–Crippen LogP) is 4.68.